The van der Waals surface area contributed by atoms with Crippen LogP contribution >= 0.6 is 11.3 Å². The average Bonchev–Trinajstić information content (AvgIpc) is 3.16. The van der Waals surface area contributed by atoms with Crippen molar-refractivity contribution in [1.29, 1.82) is 0 Å². The molecule has 0 fully saturated rings. The maximum absolute atomic E-state index is 12.6. The number of amides is 1. The lowest BCUT2D eigenvalue weighted by atomic mass is 10.0. The van der Waals surface area contributed by atoms with Crippen molar-refractivity contribution in [3.8, 4) is 0 Å². The topological polar surface area (TPSA) is 76.1 Å². The van der Waals surface area contributed by atoms with Crippen molar-refractivity contribution < 1.29 is 14.4 Å². The van der Waals surface area contributed by atoms with Crippen LogP contribution in [-0.4, -0.2) is 22.5 Å². The summed E-state index contributed by atoms with van der Waals surface area (Å²) in [5.41, 5.74) is 4.05. The van der Waals surface area contributed by atoms with Gasteiger partial charge in [0.05, 0.1) is 10.2 Å². The molecule has 4 aromatic rings. The minimum absolute atomic E-state index is 0.242. The van der Waals surface area contributed by atoms with Crippen LogP contribution in [0, 0.1) is 13.8 Å². The molecule has 0 radical (unpaired) electrons. The number of Topliss-reactive ketones (excluding diaryl/α,β-unsaturated/α-hetero) is 2. The number of nitrogens with one attached hydrogen (secondary N) is 1. The van der Waals surface area contributed by atoms with Crippen LogP contribution in [0.1, 0.15) is 42.2 Å². The van der Waals surface area contributed by atoms with E-state index in [1.54, 1.807) is 30.3 Å². The second-order valence-electron chi connectivity index (χ2n) is 7.00. The van der Waals surface area contributed by atoms with Gasteiger partial charge < -0.3 is 0 Å². The zero-order valence-electron chi connectivity index (χ0n) is 16.4. The van der Waals surface area contributed by atoms with E-state index in [0.717, 1.165) is 21.3 Å². The number of carbonyl (C=O) groups excluding carboxylic acids is 3. The summed E-state index contributed by atoms with van der Waals surface area (Å²) in [6.07, 6.45) is 0. The van der Waals surface area contributed by atoms with Crippen LogP contribution in [0.15, 0.2) is 66.7 Å². The lowest BCUT2D eigenvalue weighted by Crippen LogP contribution is -2.15. The zero-order chi connectivity index (χ0) is 21.3. The number of aromatic nitrogens is 1. The Balaban J connectivity index is 1.50. The first-order valence-corrected chi connectivity index (χ1v) is 10.2. The first-order valence-electron chi connectivity index (χ1n) is 9.35. The molecule has 1 amide bonds. The molecule has 0 spiro atoms. The second kappa shape index (κ2) is 8.00. The standard InChI is InChI=1S/C24H18N2O3S/c1-14-12-15(2)20-19(13-14)30-24(25-20)26-23(29)18-10-8-17(9-11-18)22(28)21(27)16-6-4-3-5-7-16/h3-13H,1-2H3,(H,25,26,29). The summed E-state index contributed by atoms with van der Waals surface area (Å²) in [5.74, 6) is -1.50. The highest BCUT2D eigenvalue weighted by Crippen LogP contribution is 2.29. The number of carbonyl (C=O) groups is 3. The first kappa shape index (κ1) is 19.7. The molecule has 1 heterocycles. The van der Waals surface area contributed by atoms with E-state index < -0.39 is 11.6 Å². The summed E-state index contributed by atoms with van der Waals surface area (Å²) in [6, 6.07) is 18.5. The molecule has 148 valence electrons. The summed E-state index contributed by atoms with van der Waals surface area (Å²) in [6.45, 7) is 4.02. The van der Waals surface area contributed by atoms with Gasteiger partial charge >= 0.3 is 0 Å². The van der Waals surface area contributed by atoms with Crippen LogP contribution in [0.5, 0.6) is 0 Å². The molecule has 1 aromatic heterocycles. The molecule has 3 aromatic carbocycles. The van der Waals surface area contributed by atoms with E-state index in [1.807, 2.05) is 19.9 Å². The quantitative estimate of drug-likeness (QED) is 0.358. The molecular formula is C24H18N2O3S. The SMILES string of the molecule is Cc1cc(C)c2nc(NC(=O)c3ccc(C(=O)C(=O)c4ccccc4)cc3)sc2c1. The predicted molar refractivity (Wildman–Crippen MR) is 119 cm³/mol. The van der Waals surface area contributed by atoms with Gasteiger partial charge in [0.15, 0.2) is 5.13 Å². The molecular weight excluding hydrogens is 396 g/mol. The fourth-order valence-electron chi connectivity index (χ4n) is 3.22. The van der Waals surface area contributed by atoms with Crippen LogP contribution in [0.2, 0.25) is 0 Å². The number of hydrogen-bond donors (Lipinski definition) is 1. The van der Waals surface area contributed by atoms with Crippen LogP contribution < -0.4 is 5.32 Å². The summed E-state index contributed by atoms with van der Waals surface area (Å²) >= 11 is 1.42. The minimum Gasteiger partial charge on any atom is -0.298 e. The lowest BCUT2D eigenvalue weighted by molar-refractivity contribution is 0.0817. The third kappa shape index (κ3) is 3.90. The first-order chi connectivity index (χ1) is 14.4. The molecule has 0 aliphatic rings. The average molecular weight is 414 g/mol. The Morgan fingerprint density at radius 1 is 0.800 bits per heavy atom. The van der Waals surface area contributed by atoms with Gasteiger partial charge in [-0.2, -0.15) is 0 Å². The normalized spacial score (nSPS) is 10.7. The largest absolute Gasteiger partial charge is 0.298 e. The molecule has 0 unspecified atom stereocenters. The molecule has 0 bridgehead atoms. The van der Waals surface area contributed by atoms with Gasteiger partial charge in [0.1, 0.15) is 0 Å². The van der Waals surface area contributed by atoms with Crippen LogP contribution in [0.25, 0.3) is 10.2 Å². The van der Waals surface area contributed by atoms with E-state index in [0.29, 0.717) is 16.3 Å². The third-order valence-corrected chi connectivity index (χ3v) is 5.62. The van der Waals surface area contributed by atoms with E-state index >= 15 is 0 Å². The fourth-order valence-corrected chi connectivity index (χ4v) is 4.26. The molecule has 1 N–H and O–H groups in total. The highest BCUT2D eigenvalue weighted by molar-refractivity contribution is 7.22. The van der Waals surface area contributed by atoms with Crippen molar-refractivity contribution in [3.05, 3.63) is 94.5 Å². The van der Waals surface area contributed by atoms with E-state index in [4.69, 9.17) is 0 Å². The maximum Gasteiger partial charge on any atom is 0.257 e. The Morgan fingerprint density at radius 3 is 2.07 bits per heavy atom. The molecule has 30 heavy (non-hydrogen) atoms. The maximum atomic E-state index is 12.6. The molecule has 6 heteroatoms. The minimum atomic E-state index is -0.606. The monoisotopic (exact) mass is 414 g/mol. The molecule has 0 aliphatic carbocycles. The number of rotatable bonds is 5. The number of anilines is 1. The number of ketones is 2. The second-order valence-corrected chi connectivity index (χ2v) is 8.03. The molecule has 5 nitrogen and oxygen atoms in total. The van der Waals surface area contributed by atoms with E-state index in [2.05, 4.69) is 16.4 Å². The van der Waals surface area contributed by atoms with Crippen molar-refractivity contribution in [2.75, 3.05) is 5.32 Å². The van der Waals surface area contributed by atoms with E-state index in [-0.39, 0.29) is 11.5 Å². The highest BCUT2D eigenvalue weighted by Gasteiger charge is 2.19. The number of aryl methyl sites for hydroxylation is 2. The summed E-state index contributed by atoms with van der Waals surface area (Å²) in [5, 5.41) is 3.33. The summed E-state index contributed by atoms with van der Waals surface area (Å²) < 4.78 is 1.02. The summed E-state index contributed by atoms with van der Waals surface area (Å²) in [7, 11) is 0. The van der Waals surface area contributed by atoms with Crippen LogP contribution in [0.4, 0.5) is 5.13 Å². The van der Waals surface area contributed by atoms with Gasteiger partial charge in [-0.25, -0.2) is 4.98 Å². The van der Waals surface area contributed by atoms with Gasteiger partial charge in [0.25, 0.3) is 5.91 Å². The van der Waals surface area contributed by atoms with E-state index in [1.165, 1.54) is 35.6 Å². The van der Waals surface area contributed by atoms with Crippen molar-refractivity contribution in [1.82, 2.24) is 4.98 Å². The smallest absolute Gasteiger partial charge is 0.257 e. The van der Waals surface area contributed by atoms with Crippen molar-refractivity contribution >= 4 is 44.2 Å². The Morgan fingerprint density at radius 2 is 1.40 bits per heavy atom. The lowest BCUT2D eigenvalue weighted by Gasteiger charge is -2.04. The molecule has 0 atom stereocenters. The number of benzene rings is 3. The van der Waals surface area contributed by atoms with Gasteiger partial charge in [-0.05, 0) is 43.2 Å². The summed E-state index contributed by atoms with van der Waals surface area (Å²) in [4.78, 5) is 41.8. The Labute approximate surface area is 177 Å². The predicted octanol–water partition coefficient (Wildman–Crippen LogP) is 5.23. The fraction of sp³-hybridized carbons (Fsp3) is 0.0833. The number of hydrogen-bond acceptors (Lipinski definition) is 5. The molecule has 0 saturated carbocycles. The van der Waals surface area contributed by atoms with Gasteiger partial charge in [-0.3, -0.25) is 19.7 Å². The molecule has 4 rings (SSSR count). The van der Waals surface area contributed by atoms with Crippen molar-refractivity contribution in [2.45, 2.75) is 13.8 Å². The highest BCUT2D eigenvalue weighted by atomic mass is 32.1. The number of thiazole rings is 1. The molecule has 0 saturated heterocycles. The van der Waals surface area contributed by atoms with Gasteiger partial charge in [-0.15, -0.1) is 0 Å². The van der Waals surface area contributed by atoms with Crippen molar-refractivity contribution in [3.63, 3.8) is 0 Å². The van der Waals surface area contributed by atoms with Gasteiger partial charge in [-0.1, -0.05) is 59.9 Å². The third-order valence-electron chi connectivity index (χ3n) is 4.70. The Hall–Kier alpha value is -3.64. The zero-order valence-corrected chi connectivity index (χ0v) is 17.2. The Kier molecular flexibility index (Phi) is 5.25. The number of fused-ring (bicyclic) bond motifs is 1. The Bertz CT molecular complexity index is 1280. The van der Waals surface area contributed by atoms with Crippen LogP contribution in [0.3, 0.4) is 0 Å². The van der Waals surface area contributed by atoms with Crippen molar-refractivity contribution in [2.24, 2.45) is 0 Å². The van der Waals surface area contributed by atoms with E-state index in [9.17, 15) is 14.4 Å². The van der Waals surface area contributed by atoms with Crippen LogP contribution in [-0.2, 0) is 0 Å². The van der Waals surface area contributed by atoms with Gasteiger partial charge in [0, 0.05) is 16.7 Å². The molecule has 0 aliphatic heterocycles. The van der Waals surface area contributed by atoms with Gasteiger partial charge in [0.2, 0.25) is 11.6 Å². The number of nitrogens with zero attached hydrogens (tertiary/aromatic N) is 1.